The highest BCUT2D eigenvalue weighted by Gasteiger charge is 2.57. The van der Waals surface area contributed by atoms with E-state index in [9.17, 15) is 9.59 Å². The average molecular weight is 555 g/mol. The molecule has 3 N–H and O–H groups in total. The number of benzene rings is 2. The van der Waals surface area contributed by atoms with E-state index in [4.69, 9.17) is 15.2 Å². The number of carbonyl (C=O) groups is 2. The summed E-state index contributed by atoms with van der Waals surface area (Å²) in [6, 6.07) is 15.7. The Labute approximate surface area is 238 Å². The van der Waals surface area contributed by atoms with E-state index >= 15 is 0 Å². The van der Waals surface area contributed by atoms with Gasteiger partial charge in [0.25, 0.3) is 0 Å². The number of ether oxygens (including phenoxy) is 2. The van der Waals surface area contributed by atoms with Gasteiger partial charge in [0.05, 0.1) is 18.5 Å². The molecule has 4 aliphatic carbocycles. The minimum atomic E-state index is -0.693. The number of urea groups is 1. The Morgan fingerprint density at radius 1 is 0.927 bits per heavy atom. The van der Waals surface area contributed by atoms with Gasteiger partial charge in [0.1, 0.15) is 11.4 Å². The van der Waals surface area contributed by atoms with Gasteiger partial charge in [-0.2, -0.15) is 0 Å². The molecule has 0 saturated heterocycles. The van der Waals surface area contributed by atoms with Crippen molar-refractivity contribution < 1.29 is 19.1 Å². The molecule has 8 rings (SSSR count). The molecule has 4 saturated carbocycles. The Bertz CT molecular complexity index is 1450. The summed E-state index contributed by atoms with van der Waals surface area (Å²) >= 11 is 0. The molecule has 3 aromatic rings. The lowest BCUT2D eigenvalue weighted by atomic mass is 9.52. The lowest BCUT2D eigenvalue weighted by Gasteiger charge is -2.59. The van der Waals surface area contributed by atoms with Crippen LogP contribution >= 0.6 is 0 Å². The molecule has 1 aliphatic heterocycles. The molecule has 212 valence electrons. The van der Waals surface area contributed by atoms with Crippen molar-refractivity contribution in [3.05, 3.63) is 60.9 Å². The molecular weight excluding hydrogens is 520 g/mol. The standard InChI is InChI=1S/C31H34N6O4/c1-40-24-8-6-20(7-9-24)23-17-33-29(34-18-23)36-10-11-37(26-5-3-2-4-25(26)36)30(39)35-27-21-12-19-13-22(27)16-31(14-19,15-21)41-28(32)38/h2-9,17-19,21-22,27H,10-16H2,1H3,(H2,32,38)(H,35,39)/t19?,21-,22+,27?,31?. The first kappa shape index (κ1) is 25.6. The molecule has 1 aromatic heterocycles. The summed E-state index contributed by atoms with van der Waals surface area (Å²) in [5.41, 5.74) is 8.61. The van der Waals surface area contributed by atoms with E-state index in [-0.39, 0.29) is 12.1 Å². The topological polar surface area (TPSA) is 123 Å². The van der Waals surface area contributed by atoms with E-state index < -0.39 is 11.7 Å². The van der Waals surface area contributed by atoms with Crippen LogP contribution in [0.4, 0.5) is 26.9 Å². The van der Waals surface area contributed by atoms with Gasteiger partial charge in [0, 0.05) is 37.1 Å². The molecule has 0 spiro atoms. The van der Waals surface area contributed by atoms with Crippen molar-refractivity contribution in [2.75, 3.05) is 30.0 Å². The van der Waals surface area contributed by atoms with Gasteiger partial charge in [0.15, 0.2) is 0 Å². The Kier molecular flexibility index (Phi) is 6.21. The van der Waals surface area contributed by atoms with Crippen LogP contribution in [-0.4, -0.2) is 53.9 Å². The molecular formula is C31H34N6O4. The second kappa shape index (κ2) is 9.94. The van der Waals surface area contributed by atoms with Gasteiger partial charge in [-0.15, -0.1) is 0 Å². The van der Waals surface area contributed by atoms with Crippen molar-refractivity contribution in [2.24, 2.45) is 23.5 Å². The number of hydrogen-bond donors (Lipinski definition) is 2. The van der Waals surface area contributed by atoms with Gasteiger partial charge >= 0.3 is 12.1 Å². The zero-order valence-electron chi connectivity index (χ0n) is 23.0. The number of rotatable bonds is 5. The number of fused-ring (bicyclic) bond motifs is 1. The quantitative estimate of drug-likeness (QED) is 0.462. The number of nitrogens with one attached hydrogen (secondary N) is 1. The van der Waals surface area contributed by atoms with Crippen LogP contribution in [0.15, 0.2) is 60.9 Å². The molecule has 10 nitrogen and oxygen atoms in total. The molecule has 0 radical (unpaired) electrons. The smallest absolute Gasteiger partial charge is 0.405 e. The molecule has 5 atom stereocenters. The van der Waals surface area contributed by atoms with Crippen molar-refractivity contribution in [3.8, 4) is 16.9 Å². The lowest BCUT2D eigenvalue weighted by molar-refractivity contribution is -0.137. The third-order valence-corrected chi connectivity index (χ3v) is 9.38. The minimum Gasteiger partial charge on any atom is -0.497 e. The van der Waals surface area contributed by atoms with E-state index in [1.54, 1.807) is 7.11 Å². The Morgan fingerprint density at radius 2 is 1.61 bits per heavy atom. The third kappa shape index (κ3) is 4.61. The number of primary amides is 1. The van der Waals surface area contributed by atoms with Gasteiger partial charge in [-0.25, -0.2) is 19.6 Å². The van der Waals surface area contributed by atoms with Crippen LogP contribution in [0.3, 0.4) is 0 Å². The SMILES string of the molecule is COc1ccc(-c2cnc(N3CCN(C(=O)NC4[C@@H]5CC6C[C@H]4CC(OC(N)=O)(C6)C5)c4ccccc43)nc2)cc1. The second-order valence-corrected chi connectivity index (χ2v) is 11.8. The number of aromatic nitrogens is 2. The highest BCUT2D eigenvalue weighted by Crippen LogP contribution is 2.57. The van der Waals surface area contributed by atoms with E-state index in [2.05, 4.69) is 20.2 Å². The fraction of sp³-hybridized carbons (Fsp3) is 0.419. The van der Waals surface area contributed by atoms with Crippen molar-refractivity contribution in [2.45, 2.75) is 43.7 Å². The fourth-order valence-electron chi connectivity index (χ4n) is 7.92. The lowest BCUT2D eigenvalue weighted by Crippen LogP contribution is -2.64. The number of nitrogens with zero attached hydrogens (tertiary/aromatic N) is 4. The Balaban J connectivity index is 1.08. The highest BCUT2D eigenvalue weighted by molar-refractivity contribution is 5.97. The van der Waals surface area contributed by atoms with E-state index in [1.807, 2.05) is 65.8 Å². The average Bonchev–Trinajstić information content (AvgIpc) is 2.97. The van der Waals surface area contributed by atoms with Crippen LogP contribution in [0.1, 0.15) is 32.1 Å². The third-order valence-electron chi connectivity index (χ3n) is 9.38. The van der Waals surface area contributed by atoms with Crippen molar-refractivity contribution in [3.63, 3.8) is 0 Å². The minimum absolute atomic E-state index is 0.0719. The number of para-hydroxylation sites is 2. The van der Waals surface area contributed by atoms with Crippen molar-refractivity contribution in [1.82, 2.24) is 15.3 Å². The largest absolute Gasteiger partial charge is 0.497 e. The number of anilines is 3. The summed E-state index contributed by atoms with van der Waals surface area (Å²) < 4.78 is 10.9. The Morgan fingerprint density at radius 3 is 2.27 bits per heavy atom. The maximum Gasteiger partial charge on any atom is 0.405 e. The molecule has 2 heterocycles. The normalized spacial score (nSPS) is 27.7. The van der Waals surface area contributed by atoms with Crippen LogP contribution in [0.5, 0.6) is 5.75 Å². The van der Waals surface area contributed by atoms with Gasteiger partial charge in [0.2, 0.25) is 5.95 Å². The molecule has 4 fully saturated rings. The van der Waals surface area contributed by atoms with Crippen molar-refractivity contribution >= 4 is 29.4 Å². The van der Waals surface area contributed by atoms with E-state index in [0.29, 0.717) is 36.8 Å². The summed E-state index contributed by atoms with van der Waals surface area (Å²) in [5, 5.41) is 3.39. The molecule has 4 bridgehead atoms. The molecule has 3 amide bonds. The van der Waals surface area contributed by atoms with Crippen LogP contribution in [0.2, 0.25) is 0 Å². The summed E-state index contributed by atoms with van der Waals surface area (Å²) in [7, 11) is 1.65. The molecule has 2 aromatic carbocycles. The van der Waals surface area contributed by atoms with Crippen LogP contribution in [-0.2, 0) is 4.74 Å². The van der Waals surface area contributed by atoms with Gasteiger partial charge in [-0.05, 0) is 79.7 Å². The molecule has 10 heteroatoms. The number of hydrogen-bond acceptors (Lipinski definition) is 7. The van der Waals surface area contributed by atoms with E-state index in [1.165, 1.54) is 0 Å². The first-order valence-electron chi connectivity index (χ1n) is 14.3. The maximum atomic E-state index is 13.8. The van der Waals surface area contributed by atoms with Crippen molar-refractivity contribution in [1.29, 1.82) is 0 Å². The fourth-order valence-corrected chi connectivity index (χ4v) is 7.92. The number of amides is 3. The molecule has 5 aliphatic rings. The predicted molar refractivity (Wildman–Crippen MR) is 154 cm³/mol. The zero-order chi connectivity index (χ0) is 28.1. The first-order chi connectivity index (χ1) is 19.9. The number of methoxy groups -OCH3 is 1. The number of nitrogens with two attached hydrogens (primary N) is 1. The van der Waals surface area contributed by atoms with E-state index in [0.717, 1.165) is 60.4 Å². The summed E-state index contributed by atoms with van der Waals surface area (Å²) in [5.74, 6) is 2.50. The molecule has 3 unspecified atom stereocenters. The number of carbonyl (C=O) groups excluding carboxylic acids is 2. The van der Waals surface area contributed by atoms with Gasteiger partial charge in [-0.3, -0.25) is 4.90 Å². The predicted octanol–water partition coefficient (Wildman–Crippen LogP) is 4.86. The summed E-state index contributed by atoms with van der Waals surface area (Å²) in [4.78, 5) is 38.6. The first-order valence-corrected chi connectivity index (χ1v) is 14.3. The molecule has 41 heavy (non-hydrogen) atoms. The highest BCUT2D eigenvalue weighted by atomic mass is 16.6. The van der Waals surface area contributed by atoms with Gasteiger partial charge in [-0.1, -0.05) is 24.3 Å². The zero-order valence-corrected chi connectivity index (χ0v) is 23.0. The second-order valence-electron chi connectivity index (χ2n) is 11.8. The van der Waals surface area contributed by atoms with Crippen LogP contribution in [0, 0.1) is 17.8 Å². The summed E-state index contributed by atoms with van der Waals surface area (Å²) in [6.07, 6.45) is 7.49. The summed E-state index contributed by atoms with van der Waals surface area (Å²) in [6.45, 7) is 1.08. The monoisotopic (exact) mass is 554 g/mol. The maximum absolute atomic E-state index is 13.8. The van der Waals surface area contributed by atoms with Crippen LogP contribution < -0.4 is 25.6 Å². The van der Waals surface area contributed by atoms with Gasteiger partial charge < -0.3 is 25.4 Å². The van der Waals surface area contributed by atoms with Crippen LogP contribution in [0.25, 0.3) is 11.1 Å². The Hall–Kier alpha value is -4.34.